The highest BCUT2D eigenvalue weighted by molar-refractivity contribution is 9.10. The number of urea groups is 1. The number of carbonyl (C=O) groups excluding carboxylic acids is 2. The fourth-order valence-corrected chi connectivity index (χ4v) is 2.04. The van der Waals surface area contributed by atoms with Gasteiger partial charge in [-0.25, -0.2) is 9.18 Å². The van der Waals surface area contributed by atoms with Crippen molar-refractivity contribution in [3.63, 3.8) is 0 Å². The summed E-state index contributed by atoms with van der Waals surface area (Å²) < 4.78 is 13.7. The largest absolute Gasteiger partial charge is 0.329 e. The summed E-state index contributed by atoms with van der Waals surface area (Å²) in [6.45, 7) is 1.71. The maximum Gasteiger partial charge on any atom is 0.319 e. The van der Waals surface area contributed by atoms with Gasteiger partial charge >= 0.3 is 6.03 Å². The van der Waals surface area contributed by atoms with Gasteiger partial charge in [-0.3, -0.25) is 4.79 Å². The fraction of sp³-hybridized carbons (Fsp3) is 0.125. The summed E-state index contributed by atoms with van der Waals surface area (Å²) in [6.07, 6.45) is 0. The molecule has 0 aliphatic carbocycles. The predicted octanol–water partition coefficient (Wildman–Crippen LogP) is 3.66. The van der Waals surface area contributed by atoms with Gasteiger partial charge in [0.15, 0.2) is 0 Å². The molecular weight excluding hydrogens is 365 g/mol. The van der Waals surface area contributed by atoms with Gasteiger partial charge in [0, 0.05) is 15.8 Å². The number of anilines is 2. The molecule has 0 heterocycles. The average molecular weight is 380 g/mol. The van der Waals surface area contributed by atoms with E-state index in [9.17, 15) is 14.0 Å². The Kier molecular flexibility index (Phi) is 5.70. The van der Waals surface area contributed by atoms with Crippen molar-refractivity contribution < 1.29 is 14.0 Å². The van der Waals surface area contributed by atoms with Crippen LogP contribution in [0.1, 0.15) is 5.56 Å². The van der Waals surface area contributed by atoms with E-state index in [0.717, 1.165) is 10.0 Å². The van der Waals surface area contributed by atoms with Crippen LogP contribution in [0.5, 0.6) is 0 Å². The molecule has 0 unspecified atom stereocenters. The summed E-state index contributed by atoms with van der Waals surface area (Å²) in [5, 5.41) is 7.64. The molecule has 0 fully saturated rings. The number of halogens is 2. The van der Waals surface area contributed by atoms with Crippen molar-refractivity contribution in [1.29, 1.82) is 0 Å². The van der Waals surface area contributed by atoms with E-state index in [1.807, 2.05) is 19.1 Å². The van der Waals surface area contributed by atoms with Crippen molar-refractivity contribution in [2.45, 2.75) is 6.92 Å². The van der Waals surface area contributed by atoms with Crippen LogP contribution in [0.3, 0.4) is 0 Å². The molecule has 5 nitrogen and oxygen atoms in total. The van der Waals surface area contributed by atoms with Crippen LogP contribution in [-0.2, 0) is 4.79 Å². The third-order valence-corrected chi connectivity index (χ3v) is 3.84. The highest BCUT2D eigenvalue weighted by Gasteiger charge is 2.07. The van der Waals surface area contributed by atoms with Gasteiger partial charge in [0.1, 0.15) is 5.82 Å². The maximum absolute atomic E-state index is 12.8. The number of rotatable bonds is 4. The van der Waals surface area contributed by atoms with E-state index >= 15 is 0 Å². The Bertz CT molecular complexity index is 720. The van der Waals surface area contributed by atoms with Crippen molar-refractivity contribution in [1.82, 2.24) is 5.32 Å². The maximum atomic E-state index is 12.8. The molecule has 0 radical (unpaired) electrons. The van der Waals surface area contributed by atoms with E-state index in [0.29, 0.717) is 11.4 Å². The summed E-state index contributed by atoms with van der Waals surface area (Å²) in [4.78, 5) is 23.4. The molecule has 3 amide bonds. The Morgan fingerprint density at radius 1 is 1.04 bits per heavy atom. The number of hydrogen-bond donors (Lipinski definition) is 3. The highest BCUT2D eigenvalue weighted by Crippen LogP contribution is 2.19. The number of benzene rings is 2. The summed E-state index contributed by atoms with van der Waals surface area (Å²) in [5.41, 5.74) is 2.07. The van der Waals surface area contributed by atoms with Gasteiger partial charge in [-0.1, -0.05) is 15.9 Å². The summed E-state index contributed by atoms with van der Waals surface area (Å²) in [5.74, 6) is -0.788. The standard InChI is InChI=1S/C16H15BrFN3O2/c1-10-8-13(6-7-14(10)17)21-16(23)19-9-15(22)20-12-4-2-11(18)3-5-12/h2-8H,9H2,1H3,(H,20,22)(H2,19,21,23). The number of aryl methyl sites for hydroxylation is 1. The van der Waals surface area contributed by atoms with Crippen molar-refractivity contribution in [3.05, 3.63) is 58.3 Å². The van der Waals surface area contributed by atoms with Gasteiger partial charge in [0.25, 0.3) is 0 Å². The van der Waals surface area contributed by atoms with Crippen LogP contribution in [0.25, 0.3) is 0 Å². The van der Waals surface area contributed by atoms with E-state index in [4.69, 9.17) is 0 Å². The number of hydrogen-bond acceptors (Lipinski definition) is 2. The minimum atomic E-state index is -0.485. The molecule has 3 N–H and O–H groups in total. The second kappa shape index (κ2) is 7.73. The number of amides is 3. The topological polar surface area (TPSA) is 70.2 Å². The molecule has 0 spiro atoms. The third kappa shape index (κ3) is 5.37. The normalized spacial score (nSPS) is 10.0. The van der Waals surface area contributed by atoms with Crippen LogP contribution in [0.15, 0.2) is 46.9 Å². The van der Waals surface area contributed by atoms with Crippen molar-refractivity contribution in [2.24, 2.45) is 0 Å². The van der Waals surface area contributed by atoms with Gasteiger partial charge in [-0.05, 0) is 55.0 Å². The zero-order valence-corrected chi connectivity index (χ0v) is 13.9. The monoisotopic (exact) mass is 379 g/mol. The van der Waals surface area contributed by atoms with E-state index in [2.05, 4.69) is 31.9 Å². The van der Waals surface area contributed by atoms with Crippen LogP contribution < -0.4 is 16.0 Å². The second-order valence-corrected chi connectivity index (χ2v) is 5.68. The Morgan fingerprint density at radius 2 is 1.70 bits per heavy atom. The van der Waals surface area contributed by atoms with Crippen LogP contribution >= 0.6 is 15.9 Å². The molecule has 7 heteroatoms. The summed E-state index contributed by atoms with van der Waals surface area (Å²) >= 11 is 3.38. The van der Waals surface area contributed by atoms with Gasteiger partial charge in [-0.15, -0.1) is 0 Å². The van der Waals surface area contributed by atoms with Gasteiger partial charge in [-0.2, -0.15) is 0 Å². The van der Waals surface area contributed by atoms with E-state index in [-0.39, 0.29) is 12.4 Å². The zero-order valence-electron chi connectivity index (χ0n) is 12.3. The zero-order chi connectivity index (χ0) is 16.8. The fourth-order valence-electron chi connectivity index (χ4n) is 1.80. The van der Waals surface area contributed by atoms with Crippen molar-refractivity contribution in [3.8, 4) is 0 Å². The molecule has 120 valence electrons. The lowest BCUT2D eigenvalue weighted by Gasteiger charge is -2.09. The Hall–Kier alpha value is -2.41. The van der Waals surface area contributed by atoms with Crippen LogP contribution in [0, 0.1) is 12.7 Å². The molecule has 0 bridgehead atoms. The van der Waals surface area contributed by atoms with E-state index in [1.165, 1.54) is 24.3 Å². The minimum absolute atomic E-state index is 0.196. The molecule has 0 aliphatic rings. The number of carbonyl (C=O) groups is 2. The van der Waals surface area contributed by atoms with Gasteiger partial charge in [0.05, 0.1) is 6.54 Å². The van der Waals surface area contributed by atoms with E-state index in [1.54, 1.807) is 6.07 Å². The lowest BCUT2D eigenvalue weighted by molar-refractivity contribution is -0.115. The predicted molar refractivity (Wildman–Crippen MR) is 90.9 cm³/mol. The summed E-state index contributed by atoms with van der Waals surface area (Å²) in [7, 11) is 0. The minimum Gasteiger partial charge on any atom is -0.329 e. The molecule has 2 aromatic rings. The average Bonchev–Trinajstić information content (AvgIpc) is 2.51. The van der Waals surface area contributed by atoms with Gasteiger partial charge < -0.3 is 16.0 Å². The SMILES string of the molecule is Cc1cc(NC(=O)NCC(=O)Nc2ccc(F)cc2)ccc1Br. The van der Waals surface area contributed by atoms with Crippen LogP contribution in [-0.4, -0.2) is 18.5 Å². The molecule has 0 atom stereocenters. The van der Waals surface area contributed by atoms with Crippen LogP contribution in [0.4, 0.5) is 20.6 Å². The quantitative estimate of drug-likeness (QED) is 0.758. The Balaban J connectivity index is 1.80. The molecule has 23 heavy (non-hydrogen) atoms. The second-order valence-electron chi connectivity index (χ2n) is 4.83. The first-order chi connectivity index (χ1) is 10.9. The van der Waals surface area contributed by atoms with Gasteiger partial charge in [0.2, 0.25) is 5.91 Å². The molecular formula is C16H15BrFN3O2. The van der Waals surface area contributed by atoms with Crippen molar-refractivity contribution >= 4 is 39.2 Å². The Labute approximate surface area is 141 Å². The smallest absolute Gasteiger partial charge is 0.319 e. The highest BCUT2D eigenvalue weighted by atomic mass is 79.9. The Morgan fingerprint density at radius 3 is 2.35 bits per heavy atom. The van der Waals surface area contributed by atoms with Crippen molar-refractivity contribution in [2.75, 3.05) is 17.2 Å². The molecule has 0 saturated carbocycles. The first-order valence-corrected chi connectivity index (χ1v) is 7.60. The van der Waals surface area contributed by atoms with E-state index < -0.39 is 11.9 Å². The molecule has 0 aromatic heterocycles. The first kappa shape index (κ1) is 17.0. The van der Waals surface area contributed by atoms with Crippen LogP contribution in [0.2, 0.25) is 0 Å². The summed E-state index contributed by atoms with van der Waals surface area (Å²) in [6, 6.07) is 10.3. The lowest BCUT2D eigenvalue weighted by atomic mass is 10.2. The lowest BCUT2D eigenvalue weighted by Crippen LogP contribution is -2.35. The molecule has 0 saturated heterocycles. The third-order valence-electron chi connectivity index (χ3n) is 2.95. The molecule has 2 rings (SSSR count). The molecule has 2 aromatic carbocycles. The first-order valence-electron chi connectivity index (χ1n) is 6.80. The number of nitrogens with one attached hydrogen (secondary N) is 3. The molecule has 0 aliphatic heterocycles.